The van der Waals surface area contributed by atoms with Crippen molar-refractivity contribution in [1.82, 2.24) is 5.32 Å². The van der Waals surface area contributed by atoms with Crippen LogP contribution in [0.3, 0.4) is 0 Å². The molecule has 0 amide bonds. The van der Waals surface area contributed by atoms with Crippen molar-refractivity contribution in [1.29, 1.82) is 0 Å². The molecule has 0 spiro atoms. The Hall–Kier alpha value is -1.31. The maximum absolute atomic E-state index is 6.05. The average molecular weight is 274 g/mol. The first-order chi connectivity index (χ1) is 9.20. The van der Waals surface area contributed by atoms with Crippen molar-refractivity contribution >= 4 is 11.6 Å². The quantitative estimate of drug-likeness (QED) is 0.795. The van der Waals surface area contributed by atoms with Gasteiger partial charge in [-0.05, 0) is 36.6 Å². The van der Waals surface area contributed by atoms with Gasteiger partial charge < -0.3 is 5.32 Å². The summed E-state index contributed by atoms with van der Waals surface area (Å²) in [7, 11) is 0. The lowest BCUT2D eigenvalue weighted by Crippen LogP contribution is -2.24. The van der Waals surface area contributed by atoms with Gasteiger partial charge in [0.05, 0.1) is 0 Å². The van der Waals surface area contributed by atoms with Gasteiger partial charge in [-0.15, -0.1) is 0 Å². The summed E-state index contributed by atoms with van der Waals surface area (Å²) in [4.78, 5) is 0. The fourth-order valence-corrected chi connectivity index (χ4v) is 2.51. The van der Waals surface area contributed by atoms with Crippen molar-refractivity contribution in [2.24, 2.45) is 0 Å². The topological polar surface area (TPSA) is 12.0 Å². The van der Waals surface area contributed by atoms with Crippen LogP contribution in [0.4, 0.5) is 0 Å². The van der Waals surface area contributed by atoms with Gasteiger partial charge in [0.15, 0.2) is 0 Å². The molecule has 0 aliphatic rings. The van der Waals surface area contributed by atoms with Crippen LogP contribution in [-0.2, 0) is 0 Å². The van der Waals surface area contributed by atoms with Crippen molar-refractivity contribution in [2.75, 3.05) is 0 Å². The highest BCUT2D eigenvalue weighted by Gasteiger charge is 2.13. The third kappa shape index (κ3) is 3.82. The van der Waals surface area contributed by atoms with Gasteiger partial charge in [-0.2, -0.15) is 0 Å². The van der Waals surface area contributed by atoms with Gasteiger partial charge in [0.2, 0.25) is 0 Å². The van der Waals surface area contributed by atoms with Crippen molar-refractivity contribution in [3.63, 3.8) is 0 Å². The first-order valence-electron chi connectivity index (χ1n) is 6.77. The Labute approximate surface area is 120 Å². The number of benzene rings is 2. The molecule has 2 aromatic rings. The van der Waals surface area contributed by atoms with Crippen LogP contribution in [0.25, 0.3) is 0 Å². The number of hydrogen-bond acceptors (Lipinski definition) is 1. The first kappa shape index (κ1) is 14.1. The second-order valence-electron chi connectivity index (χ2n) is 4.81. The second-order valence-corrected chi connectivity index (χ2v) is 5.25. The maximum atomic E-state index is 6.05. The van der Waals surface area contributed by atoms with Gasteiger partial charge in [-0.3, -0.25) is 0 Å². The monoisotopic (exact) mass is 273 g/mol. The number of rotatable bonds is 5. The molecule has 2 heteroatoms. The lowest BCUT2D eigenvalue weighted by Gasteiger charge is -2.23. The van der Waals surface area contributed by atoms with Crippen LogP contribution in [0.1, 0.15) is 43.5 Å². The molecule has 2 aromatic carbocycles. The Morgan fingerprint density at radius 1 is 1.00 bits per heavy atom. The Morgan fingerprint density at radius 2 is 1.68 bits per heavy atom. The summed E-state index contributed by atoms with van der Waals surface area (Å²) in [6.45, 7) is 4.38. The van der Waals surface area contributed by atoms with Crippen molar-refractivity contribution in [2.45, 2.75) is 32.4 Å². The van der Waals surface area contributed by atoms with E-state index in [9.17, 15) is 0 Å². The van der Waals surface area contributed by atoms with Crippen LogP contribution in [0, 0.1) is 0 Å². The number of nitrogens with one attached hydrogen (secondary N) is 1. The Morgan fingerprint density at radius 3 is 2.32 bits per heavy atom. The molecule has 1 N–H and O–H groups in total. The molecule has 2 rings (SSSR count). The molecular formula is C17H20ClN. The van der Waals surface area contributed by atoms with Gasteiger partial charge in [-0.25, -0.2) is 0 Å². The van der Waals surface area contributed by atoms with Gasteiger partial charge in [-0.1, -0.05) is 61.0 Å². The summed E-state index contributed by atoms with van der Waals surface area (Å²) in [5, 5.41) is 4.46. The van der Waals surface area contributed by atoms with Crippen LogP contribution in [-0.4, -0.2) is 0 Å². The first-order valence-corrected chi connectivity index (χ1v) is 7.15. The SMILES string of the molecule is CCC(N[C@H](C)c1cccc(Cl)c1)c1ccccc1. The fourth-order valence-electron chi connectivity index (χ4n) is 2.31. The molecule has 0 bridgehead atoms. The molecule has 0 aliphatic heterocycles. The highest BCUT2D eigenvalue weighted by atomic mass is 35.5. The minimum absolute atomic E-state index is 0.281. The van der Waals surface area contributed by atoms with E-state index < -0.39 is 0 Å². The van der Waals surface area contributed by atoms with Crippen molar-refractivity contribution in [3.05, 3.63) is 70.7 Å². The predicted molar refractivity (Wildman–Crippen MR) is 82.5 cm³/mol. The zero-order chi connectivity index (χ0) is 13.7. The zero-order valence-corrected chi connectivity index (χ0v) is 12.2. The van der Waals surface area contributed by atoms with E-state index in [1.807, 2.05) is 18.2 Å². The van der Waals surface area contributed by atoms with E-state index in [1.54, 1.807) is 0 Å². The lowest BCUT2D eigenvalue weighted by atomic mass is 10.0. The number of halogens is 1. The van der Waals surface area contributed by atoms with E-state index in [0.717, 1.165) is 11.4 Å². The van der Waals surface area contributed by atoms with Gasteiger partial charge in [0, 0.05) is 17.1 Å². The smallest absolute Gasteiger partial charge is 0.0409 e. The molecule has 100 valence electrons. The zero-order valence-electron chi connectivity index (χ0n) is 11.4. The van der Waals surface area contributed by atoms with Crippen LogP contribution >= 0.6 is 11.6 Å². The summed E-state index contributed by atoms with van der Waals surface area (Å²) in [6.07, 6.45) is 1.06. The van der Waals surface area contributed by atoms with Crippen molar-refractivity contribution in [3.8, 4) is 0 Å². The molecule has 0 radical (unpaired) electrons. The number of hydrogen-bond donors (Lipinski definition) is 1. The minimum atomic E-state index is 0.281. The van der Waals surface area contributed by atoms with E-state index in [1.165, 1.54) is 11.1 Å². The molecule has 0 aromatic heterocycles. The lowest BCUT2D eigenvalue weighted by molar-refractivity contribution is 0.456. The molecule has 0 saturated heterocycles. The third-order valence-electron chi connectivity index (χ3n) is 3.41. The summed E-state index contributed by atoms with van der Waals surface area (Å²) in [6, 6.07) is 19.3. The maximum Gasteiger partial charge on any atom is 0.0409 e. The Kier molecular flexibility index (Phi) is 5.00. The van der Waals surface area contributed by atoms with Gasteiger partial charge >= 0.3 is 0 Å². The standard InChI is InChI=1S/C17H20ClN/c1-3-17(14-8-5-4-6-9-14)19-13(2)15-10-7-11-16(18)12-15/h4-13,17,19H,3H2,1-2H3/t13-,17?/m1/s1. The molecule has 0 aliphatic carbocycles. The van der Waals surface area contributed by atoms with Crippen LogP contribution < -0.4 is 5.32 Å². The van der Waals surface area contributed by atoms with E-state index in [0.29, 0.717) is 6.04 Å². The van der Waals surface area contributed by atoms with Crippen LogP contribution in [0.2, 0.25) is 5.02 Å². The highest BCUT2D eigenvalue weighted by molar-refractivity contribution is 6.30. The second kappa shape index (κ2) is 6.74. The molecule has 0 fully saturated rings. The molecule has 19 heavy (non-hydrogen) atoms. The van der Waals surface area contributed by atoms with E-state index in [4.69, 9.17) is 11.6 Å². The van der Waals surface area contributed by atoms with Crippen LogP contribution in [0.5, 0.6) is 0 Å². The van der Waals surface area contributed by atoms with Crippen LogP contribution in [0.15, 0.2) is 54.6 Å². The largest absolute Gasteiger partial charge is 0.303 e. The molecule has 1 nitrogen and oxygen atoms in total. The summed E-state index contributed by atoms with van der Waals surface area (Å²) in [5.74, 6) is 0. The molecule has 2 atom stereocenters. The highest BCUT2D eigenvalue weighted by Crippen LogP contribution is 2.23. The third-order valence-corrected chi connectivity index (χ3v) is 3.65. The summed E-state index contributed by atoms with van der Waals surface area (Å²) < 4.78 is 0. The molecule has 0 saturated carbocycles. The summed E-state index contributed by atoms with van der Waals surface area (Å²) >= 11 is 6.05. The molecule has 1 unspecified atom stereocenters. The normalized spacial score (nSPS) is 14.1. The van der Waals surface area contributed by atoms with Crippen molar-refractivity contribution < 1.29 is 0 Å². The van der Waals surface area contributed by atoms with E-state index >= 15 is 0 Å². The van der Waals surface area contributed by atoms with E-state index in [2.05, 4.69) is 55.6 Å². The Bertz CT molecular complexity index is 510. The fraction of sp³-hybridized carbons (Fsp3) is 0.294. The Balaban J connectivity index is 2.10. The molecular weight excluding hydrogens is 254 g/mol. The molecule has 0 heterocycles. The summed E-state index contributed by atoms with van der Waals surface area (Å²) in [5.41, 5.74) is 2.56. The van der Waals surface area contributed by atoms with E-state index in [-0.39, 0.29) is 6.04 Å². The average Bonchev–Trinajstić information content (AvgIpc) is 2.45. The van der Waals surface area contributed by atoms with Gasteiger partial charge in [0.1, 0.15) is 0 Å². The van der Waals surface area contributed by atoms with Gasteiger partial charge in [0.25, 0.3) is 0 Å². The minimum Gasteiger partial charge on any atom is -0.303 e. The predicted octanol–water partition coefficient (Wildman–Crippen LogP) is 5.14.